The molecule has 2 heteroatoms. The lowest BCUT2D eigenvalue weighted by atomic mass is 10.1. The van der Waals surface area contributed by atoms with Crippen molar-refractivity contribution in [3.05, 3.63) is 71.3 Å². The number of hydrogen-bond acceptors (Lipinski definition) is 2. The number of benzene rings is 2. The van der Waals surface area contributed by atoms with Crippen LogP contribution in [-0.4, -0.2) is 13.0 Å². The summed E-state index contributed by atoms with van der Waals surface area (Å²) in [5, 5.41) is 0. The Kier molecular flexibility index (Phi) is 2.69. The minimum absolute atomic E-state index is 0.688. The molecule has 0 bridgehead atoms. The lowest BCUT2D eigenvalue weighted by Gasteiger charge is -2.00. The maximum Gasteiger partial charge on any atom is 0.221 e. The summed E-state index contributed by atoms with van der Waals surface area (Å²) in [4.78, 5) is 4.53. The average molecular weight is 235 g/mol. The van der Waals surface area contributed by atoms with E-state index in [0.717, 1.165) is 22.4 Å². The van der Waals surface area contributed by atoms with E-state index in [9.17, 15) is 0 Å². The van der Waals surface area contributed by atoms with Crippen LogP contribution in [0.5, 0.6) is 0 Å². The quantitative estimate of drug-likeness (QED) is 0.740. The number of rotatable bonds is 1. The van der Waals surface area contributed by atoms with Crippen molar-refractivity contribution in [2.75, 3.05) is 7.11 Å². The fourth-order valence-electron chi connectivity index (χ4n) is 2.10. The van der Waals surface area contributed by atoms with Crippen molar-refractivity contribution in [1.82, 2.24) is 0 Å². The fourth-order valence-corrected chi connectivity index (χ4v) is 2.10. The molecule has 0 N–H and O–H groups in total. The number of methoxy groups -OCH3 is 1. The number of aliphatic imine (C=N–C) groups is 1. The number of fused-ring (bicyclic) bond motifs is 1. The Labute approximate surface area is 106 Å². The van der Waals surface area contributed by atoms with Gasteiger partial charge in [-0.05, 0) is 17.7 Å². The van der Waals surface area contributed by atoms with Crippen molar-refractivity contribution < 1.29 is 4.74 Å². The van der Waals surface area contributed by atoms with Gasteiger partial charge in [0.1, 0.15) is 0 Å². The maximum atomic E-state index is 5.31. The summed E-state index contributed by atoms with van der Waals surface area (Å²) in [5.41, 5.74) is 4.28. The largest absolute Gasteiger partial charge is 0.481 e. The van der Waals surface area contributed by atoms with Gasteiger partial charge in [0.25, 0.3) is 0 Å². The van der Waals surface area contributed by atoms with Crippen LogP contribution in [0.25, 0.3) is 11.8 Å². The topological polar surface area (TPSA) is 21.6 Å². The van der Waals surface area contributed by atoms with Crippen LogP contribution < -0.4 is 0 Å². The van der Waals surface area contributed by atoms with Crippen LogP contribution in [-0.2, 0) is 4.74 Å². The summed E-state index contributed by atoms with van der Waals surface area (Å²) >= 11 is 0. The van der Waals surface area contributed by atoms with Crippen LogP contribution in [0.3, 0.4) is 0 Å². The van der Waals surface area contributed by atoms with E-state index in [1.165, 1.54) is 0 Å². The van der Waals surface area contributed by atoms with Crippen LogP contribution in [0.2, 0.25) is 0 Å². The van der Waals surface area contributed by atoms with E-state index in [0.29, 0.717) is 5.90 Å². The summed E-state index contributed by atoms with van der Waals surface area (Å²) in [7, 11) is 1.65. The zero-order chi connectivity index (χ0) is 12.4. The predicted octanol–water partition coefficient (Wildman–Crippen LogP) is 3.59. The number of nitrogens with zero attached hydrogens (tertiary/aromatic N) is 1. The van der Waals surface area contributed by atoms with Crippen molar-refractivity contribution in [2.24, 2.45) is 4.99 Å². The molecular weight excluding hydrogens is 222 g/mol. The second kappa shape index (κ2) is 4.49. The Morgan fingerprint density at radius 3 is 2.28 bits per heavy atom. The lowest BCUT2D eigenvalue weighted by molar-refractivity contribution is 0.406. The van der Waals surface area contributed by atoms with Crippen LogP contribution in [0.1, 0.15) is 16.7 Å². The first kappa shape index (κ1) is 10.8. The van der Waals surface area contributed by atoms with Crippen molar-refractivity contribution in [2.45, 2.75) is 0 Å². The van der Waals surface area contributed by atoms with E-state index in [-0.39, 0.29) is 0 Å². The second-order valence-electron chi connectivity index (χ2n) is 4.11. The van der Waals surface area contributed by atoms with E-state index in [1.807, 2.05) is 36.4 Å². The van der Waals surface area contributed by atoms with Gasteiger partial charge in [-0.15, -0.1) is 0 Å². The maximum absolute atomic E-state index is 5.31. The zero-order valence-corrected chi connectivity index (χ0v) is 10.1. The second-order valence-corrected chi connectivity index (χ2v) is 4.11. The van der Waals surface area contributed by atoms with Crippen LogP contribution in [0, 0.1) is 0 Å². The van der Waals surface area contributed by atoms with E-state index in [2.05, 4.69) is 29.3 Å². The molecule has 0 saturated heterocycles. The molecule has 1 aliphatic heterocycles. The highest BCUT2D eigenvalue weighted by Gasteiger charge is 2.19. The molecule has 0 amide bonds. The predicted molar refractivity (Wildman–Crippen MR) is 74.3 cm³/mol. The van der Waals surface area contributed by atoms with Crippen molar-refractivity contribution >= 4 is 17.7 Å². The Balaban J connectivity index is 2.10. The third-order valence-corrected chi connectivity index (χ3v) is 2.95. The normalized spacial score (nSPS) is 15.4. The molecule has 0 spiro atoms. The van der Waals surface area contributed by atoms with Gasteiger partial charge in [0.05, 0.1) is 12.8 Å². The van der Waals surface area contributed by atoms with Gasteiger partial charge in [-0.25, -0.2) is 4.99 Å². The van der Waals surface area contributed by atoms with Gasteiger partial charge < -0.3 is 4.74 Å². The summed E-state index contributed by atoms with van der Waals surface area (Å²) < 4.78 is 5.31. The lowest BCUT2D eigenvalue weighted by Crippen LogP contribution is -1.99. The molecule has 0 aliphatic carbocycles. The summed E-state index contributed by atoms with van der Waals surface area (Å²) in [6.45, 7) is 0. The molecule has 0 fully saturated rings. The van der Waals surface area contributed by atoms with Crippen LogP contribution in [0.15, 0.2) is 59.6 Å². The van der Waals surface area contributed by atoms with Crippen molar-refractivity contribution in [3.63, 3.8) is 0 Å². The molecule has 1 aliphatic rings. The summed E-state index contributed by atoms with van der Waals surface area (Å²) in [6, 6.07) is 18.3. The fraction of sp³-hybridized carbons (Fsp3) is 0.0625. The zero-order valence-electron chi connectivity index (χ0n) is 10.1. The molecule has 0 saturated carbocycles. The van der Waals surface area contributed by atoms with Gasteiger partial charge in [0.2, 0.25) is 5.90 Å². The Hall–Kier alpha value is -2.35. The highest BCUT2D eigenvalue weighted by molar-refractivity contribution is 6.09. The Bertz CT molecular complexity index is 627. The highest BCUT2D eigenvalue weighted by atomic mass is 16.5. The standard InChI is InChI=1S/C16H13NO/c1-18-16-14-10-6-5-9-13(14)15(17-16)11-12-7-3-2-4-8-12/h2-11H,1H3. The first-order valence-electron chi connectivity index (χ1n) is 5.87. The molecule has 2 nitrogen and oxygen atoms in total. The third-order valence-electron chi connectivity index (χ3n) is 2.95. The van der Waals surface area contributed by atoms with Crippen LogP contribution in [0.4, 0.5) is 0 Å². The molecule has 0 unspecified atom stereocenters. The molecule has 2 aromatic rings. The van der Waals surface area contributed by atoms with E-state index in [4.69, 9.17) is 4.74 Å². The molecule has 88 valence electrons. The molecule has 1 heterocycles. The van der Waals surface area contributed by atoms with Crippen LogP contribution >= 0.6 is 0 Å². The molecule has 3 rings (SSSR count). The van der Waals surface area contributed by atoms with E-state index < -0.39 is 0 Å². The molecule has 18 heavy (non-hydrogen) atoms. The van der Waals surface area contributed by atoms with E-state index >= 15 is 0 Å². The number of hydrogen-bond donors (Lipinski definition) is 0. The average Bonchev–Trinajstić information content (AvgIpc) is 2.78. The SMILES string of the molecule is COC1=NC(=Cc2ccccc2)c2ccccc21. The summed E-state index contributed by atoms with van der Waals surface area (Å²) in [6.07, 6.45) is 2.07. The van der Waals surface area contributed by atoms with Gasteiger partial charge in [-0.3, -0.25) is 0 Å². The van der Waals surface area contributed by atoms with Gasteiger partial charge in [-0.1, -0.05) is 48.5 Å². The smallest absolute Gasteiger partial charge is 0.221 e. The van der Waals surface area contributed by atoms with Gasteiger partial charge in [0.15, 0.2) is 0 Å². The minimum atomic E-state index is 0.688. The van der Waals surface area contributed by atoms with Gasteiger partial charge in [-0.2, -0.15) is 0 Å². The van der Waals surface area contributed by atoms with Gasteiger partial charge >= 0.3 is 0 Å². The number of ether oxygens (including phenoxy) is 1. The molecule has 0 radical (unpaired) electrons. The minimum Gasteiger partial charge on any atom is -0.481 e. The van der Waals surface area contributed by atoms with Gasteiger partial charge in [0, 0.05) is 11.1 Å². The van der Waals surface area contributed by atoms with Crippen molar-refractivity contribution in [1.29, 1.82) is 0 Å². The first-order chi connectivity index (χ1) is 8.88. The molecular formula is C16H13NO. The molecule has 2 aromatic carbocycles. The first-order valence-corrected chi connectivity index (χ1v) is 5.87. The monoisotopic (exact) mass is 235 g/mol. The highest BCUT2D eigenvalue weighted by Crippen LogP contribution is 2.30. The Morgan fingerprint density at radius 2 is 1.56 bits per heavy atom. The van der Waals surface area contributed by atoms with E-state index in [1.54, 1.807) is 7.11 Å². The Morgan fingerprint density at radius 1 is 0.889 bits per heavy atom. The molecule has 0 atom stereocenters. The summed E-state index contributed by atoms with van der Waals surface area (Å²) in [5.74, 6) is 0.688. The molecule has 0 aromatic heterocycles. The third kappa shape index (κ3) is 1.82. The van der Waals surface area contributed by atoms with Crippen molar-refractivity contribution in [3.8, 4) is 0 Å².